The number of hydrogen-bond acceptors (Lipinski definition) is 5. The van der Waals surface area contributed by atoms with E-state index in [1.54, 1.807) is 0 Å². The van der Waals surface area contributed by atoms with Gasteiger partial charge < -0.3 is 0 Å². The van der Waals surface area contributed by atoms with Gasteiger partial charge in [0, 0.05) is 28.1 Å². The minimum atomic E-state index is -4.10. The molecule has 7 nitrogen and oxygen atoms in total. The number of fused-ring (bicyclic) bond motifs is 1. The van der Waals surface area contributed by atoms with E-state index in [0.29, 0.717) is 13.9 Å². The van der Waals surface area contributed by atoms with Crippen LogP contribution in [0.25, 0.3) is 10.9 Å². The SMILES string of the molecule is O=[N+]([O-])c1ccc(S(=O)(=O)n2ncc3c(Br)cc(F)cc32)cc1. The third kappa shape index (κ3) is 2.59. The van der Waals surface area contributed by atoms with Gasteiger partial charge in [-0.05, 0) is 34.1 Å². The molecule has 0 aliphatic carbocycles. The van der Waals surface area contributed by atoms with Crippen molar-refractivity contribution >= 4 is 42.5 Å². The third-order valence-electron chi connectivity index (χ3n) is 3.14. The van der Waals surface area contributed by atoms with E-state index in [1.807, 2.05) is 0 Å². The number of benzene rings is 2. The van der Waals surface area contributed by atoms with Gasteiger partial charge in [-0.1, -0.05) is 0 Å². The predicted octanol–water partition coefficient (Wildman–Crippen LogP) is 3.08. The molecule has 2 aromatic carbocycles. The van der Waals surface area contributed by atoms with Gasteiger partial charge >= 0.3 is 0 Å². The van der Waals surface area contributed by atoms with Crippen LogP contribution < -0.4 is 0 Å². The van der Waals surface area contributed by atoms with Crippen LogP contribution in [0.2, 0.25) is 0 Å². The van der Waals surface area contributed by atoms with Crippen LogP contribution in [0.4, 0.5) is 10.1 Å². The van der Waals surface area contributed by atoms with Gasteiger partial charge in [0.1, 0.15) is 5.82 Å². The van der Waals surface area contributed by atoms with Crippen LogP contribution in [0.1, 0.15) is 0 Å². The fourth-order valence-electron chi connectivity index (χ4n) is 2.06. The van der Waals surface area contributed by atoms with Gasteiger partial charge in [-0.3, -0.25) is 10.1 Å². The van der Waals surface area contributed by atoms with Crippen molar-refractivity contribution in [3.05, 3.63) is 63.0 Å². The Balaban J connectivity index is 2.18. The first-order valence-electron chi connectivity index (χ1n) is 6.13. The largest absolute Gasteiger partial charge is 0.283 e. The molecule has 0 N–H and O–H groups in total. The average Bonchev–Trinajstić information content (AvgIpc) is 2.92. The second kappa shape index (κ2) is 5.39. The quantitative estimate of drug-likeness (QED) is 0.498. The molecular formula is C13H7BrFN3O4S. The molecule has 3 aromatic rings. The van der Waals surface area contributed by atoms with Crippen LogP contribution in [0.5, 0.6) is 0 Å². The zero-order valence-corrected chi connectivity index (χ0v) is 13.6. The Morgan fingerprint density at radius 2 is 1.87 bits per heavy atom. The van der Waals surface area contributed by atoms with Crippen molar-refractivity contribution in [3.8, 4) is 0 Å². The number of hydrogen-bond donors (Lipinski definition) is 0. The van der Waals surface area contributed by atoms with Crippen molar-refractivity contribution in [1.29, 1.82) is 0 Å². The lowest BCUT2D eigenvalue weighted by Crippen LogP contribution is -2.14. The highest BCUT2D eigenvalue weighted by molar-refractivity contribution is 9.10. The molecule has 0 atom stereocenters. The van der Waals surface area contributed by atoms with E-state index in [1.165, 1.54) is 12.3 Å². The van der Waals surface area contributed by atoms with E-state index >= 15 is 0 Å². The minimum Gasteiger partial charge on any atom is -0.258 e. The molecule has 3 rings (SSSR count). The monoisotopic (exact) mass is 399 g/mol. The zero-order valence-electron chi connectivity index (χ0n) is 11.2. The van der Waals surface area contributed by atoms with Gasteiger partial charge in [-0.2, -0.15) is 17.6 Å². The van der Waals surface area contributed by atoms with E-state index < -0.39 is 20.8 Å². The Morgan fingerprint density at radius 1 is 1.22 bits per heavy atom. The molecule has 10 heteroatoms. The molecule has 0 saturated heterocycles. The van der Waals surface area contributed by atoms with E-state index in [9.17, 15) is 22.9 Å². The number of nitrogens with zero attached hydrogens (tertiary/aromatic N) is 3. The lowest BCUT2D eigenvalue weighted by Gasteiger charge is -2.06. The van der Waals surface area contributed by atoms with Crippen LogP contribution in [0.15, 0.2) is 52.0 Å². The normalized spacial score (nSPS) is 11.7. The molecule has 0 bridgehead atoms. The average molecular weight is 400 g/mol. The summed E-state index contributed by atoms with van der Waals surface area (Å²) < 4.78 is 39.8. The zero-order chi connectivity index (χ0) is 16.8. The molecule has 0 fully saturated rings. The number of non-ortho nitro benzene ring substituents is 1. The highest BCUT2D eigenvalue weighted by Gasteiger charge is 2.22. The summed E-state index contributed by atoms with van der Waals surface area (Å²) in [5, 5.41) is 14.9. The van der Waals surface area contributed by atoms with Gasteiger partial charge in [-0.25, -0.2) is 4.39 Å². The van der Waals surface area contributed by atoms with E-state index in [0.717, 1.165) is 30.3 Å². The Kier molecular flexibility index (Phi) is 3.65. The fraction of sp³-hybridized carbons (Fsp3) is 0. The maximum absolute atomic E-state index is 13.5. The maximum Gasteiger partial charge on any atom is 0.283 e. The highest BCUT2D eigenvalue weighted by Crippen LogP contribution is 2.28. The van der Waals surface area contributed by atoms with Gasteiger partial charge in [0.2, 0.25) is 0 Å². The number of rotatable bonds is 3. The number of aromatic nitrogens is 2. The van der Waals surface area contributed by atoms with Gasteiger partial charge in [0.15, 0.2) is 0 Å². The van der Waals surface area contributed by atoms with Gasteiger partial charge in [-0.15, -0.1) is 0 Å². The smallest absolute Gasteiger partial charge is 0.258 e. The number of nitro groups is 1. The van der Waals surface area contributed by atoms with Crippen LogP contribution >= 0.6 is 15.9 Å². The third-order valence-corrected chi connectivity index (χ3v) is 5.41. The maximum atomic E-state index is 13.5. The molecule has 0 aliphatic rings. The van der Waals surface area contributed by atoms with Crippen LogP contribution in [-0.4, -0.2) is 22.5 Å². The molecule has 118 valence electrons. The van der Waals surface area contributed by atoms with Crippen molar-refractivity contribution in [1.82, 2.24) is 9.19 Å². The van der Waals surface area contributed by atoms with E-state index in [-0.39, 0.29) is 16.1 Å². The highest BCUT2D eigenvalue weighted by atomic mass is 79.9. The lowest BCUT2D eigenvalue weighted by molar-refractivity contribution is -0.384. The predicted molar refractivity (Wildman–Crippen MR) is 83.1 cm³/mol. The first kappa shape index (κ1) is 15.6. The Morgan fingerprint density at radius 3 is 2.48 bits per heavy atom. The van der Waals surface area contributed by atoms with Crippen molar-refractivity contribution in [2.75, 3.05) is 0 Å². The first-order valence-corrected chi connectivity index (χ1v) is 8.37. The summed E-state index contributed by atoms with van der Waals surface area (Å²) in [6, 6.07) is 6.62. The first-order chi connectivity index (χ1) is 10.8. The molecule has 23 heavy (non-hydrogen) atoms. The molecule has 1 aromatic heterocycles. The summed E-state index contributed by atoms with van der Waals surface area (Å²) in [5.74, 6) is -0.620. The molecular weight excluding hydrogens is 393 g/mol. The Labute approximate surface area is 137 Å². The molecule has 0 amide bonds. The summed E-state index contributed by atoms with van der Waals surface area (Å²) in [7, 11) is -4.10. The summed E-state index contributed by atoms with van der Waals surface area (Å²) in [6.07, 6.45) is 1.29. The second-order valence-electron chi connectivity index (χ2n) is 4.56. The summed E-state index contributed by atoms with van der Waals surface area (Å²) in [4.78, 5) is 9.81. The van der Waals surface area contributed by atoms with E-state index in [2.05, 4.69) is 21.0 Å². The molecule has 0 saturated carbocycles. The van der Waals surface area contributed by atoms with Crippen molar-refractivity contribution in [3.63, 3.8) is 0 Å². The van der Waals surface area contributed by atoms with Crippen molar-refractivity contribution in [2.45, 2.75) is 4.90 Å². The molecule has 0 radical (unpaired) electrons. The van der Waals surface area contributed by atoms with Crippen LogP contribution in [0, 0.1) is 15.9 Å². The van der Waals surface area contributed by atoms with Crippen LogP contribution in [-0.2, 0) is 10.0 Å². The summed E-state index contributed by atoms with van der Waals surface area (Å²) >= 11 is 3.15. The Hall–Kier alpha value is -2.33. The lowest BCUT2D eigenvalue weighted by atomic mass is 10.2. The minimum absolute atomic E-state index is 0.0650. The van der Waals surface area contributed by atoms with Gasteiger partial charge in [0.05, 0.1) is 21.5 Å². The molecule has 0 aliphatic heterocycles. The standard InChI is InChI=1S/C13H7BrFN3O4S/c14-12-5-8(15)6-13-11(12)7-16-17(13)23(21,22)10-3-1-9(2-4-10)18(19)20/h1-7H. The van der Waals surface area contributed by atoms with Crippen molar-refractivity contribution < 1.29 is 17.7 Å². The molecule has 0 spiro atoms. The topological polar surface area (TPSA) is 95.1 Å². The van der Waals surface area contributed by atoms with E-state index in [4.69, 9.17) is 0 Å². The fourth-order valence-corrected chi connectivity index (χ4v) is 3.85. The second-order valence-corrected chi connectivity index (χ2v) is 7.19. The van der Waals surface area contributed by atoms with Crippen LogP contribution in [0.3, 0.4) is 0 Å². The number of halogens is 2. The Bertz CT molecular complexity index is 1030. The number of nitro benzene ring substituents is 1. The summed E-state index contributed by atoms with van der Waals surface area (Å²) in [6.45, 7) is 0. The van der Waals surface area contributed by atoms with Gasteiger partial charge in [0.25, 0.3) is 15.7 Å². The molecule has 1 heterocycles. The molecule has 0 unspecified atom stereocenters. The summed E-state index contributed by atoms with van der Waals surface area (Å²) in [5.41, 5.74) is -0.168. The van der Waals surface area contributed by atoms with Crippen molar-refractivity contribution in [2.24, 2.45) is 0 Å².